The molecule has 0 aliphatic heterocycles. The summed E-state index contributed by atoms with van der Waals surface area (Å²) < 4.78 is 10.0. The number of hydrogen-bond acceptors (Lipinski definition) is 4. The number of imidazole rings is 1. The van der Waals surface area contributed by atoms with Crippen molar-refractivity contribution in [3.8, 4) is 11.4 Å². The van der Waals surface area contributed by atoms with E-state index < -0.39 is 0 Å². The molecule has 0 N–H and O–H groups in total. The molecule has 0 fully saturated rings. The maximum atomic E-state index is 12.7. The van der Waals surface area contributed by atoms with Gasteiger partial charge in [-0.2, -0.15) is 0 Å². The fraction of sp³-hybridized carbons (Fsp3) is 0.345. The highest BCUT2D eigenvalue weighted by Crippen LogP contribution is 2.36. The van der Waals surface area contributed by atoms with Gasteiger partial charge >= 0.3 is 5.97 Å². The van der Waals surface area contributed by atoms with Crippen LogP contribution in [0.4, 0.5) is 0 Å². The van der Waals surface area contributed by atoms with Crippen molar-refractivity contribution in [2.75, 3.05) is 0 Å². The van der Waals surface area contributed by atoms with Crippen LogP contribution < -0.4 is 4.74 Å². The Morgan fingerprint density at radius 1 is 0.971 bits per heavy atom. The van der Waals surface area contributed by atoms with E-state index in [1.54, 1.807) is 0 Å². The van der Waals surface area contributed by atoms with Gasteiger partial charge in [-0.3, -0.25) is 13.8 Å². The molecule has 5 aromatic rings. The summed E-state index contributed by atoms with van der Waals surface area (Å²) in [6.45, 7) is 10.2. The lowest BCUT2D eigenvalue weighted by Gasteiger charge is -2.12. The summed E-state index contributed by atoms with van der Waals surface area (Å²) in [4.78, 5) is 22.8. The zero-order valence-electron chi connectivity index (χ0n) is 21.1. The van der Waals surface area contributed by atoms with Gasteiger partial charge in [-0.1, -0.05) is 65.3 Å². The van der Waals surface area contributed by atoms with Crippen molar-refractivity contribution in [2.45, 2.75) is 59.8 Å². The number of para-hydroxylation sites is 2. The van der Waals surface area contributed by atoms with Crippen LogP contribution in [0.25, 0.3) is 33.4 Å². The molecule has 6 nitrogen and oxygen atoms in total. The number of carbonyl (C=O) groups is 1. The van der Waals surface area contributed by atoms with Crippen LogP contribution in [0.15, 0.2) is 54.7 Å². The molecule has 0 radical (unpaired) electrons. The van der Waals surface area contributed by atoms with Crippen LogP contribution in [0.2, 0.25) is 0 Å². The summed E-state index contributed by atoms with van der Waals surface area (Å²) in [6.07, 6.45) is 5.29. The molecule has 0 amide bonds. The SMILES string of the molecule is CCCCc1ccc(-n2cc(OC(=O)C(C)C)c3c2nc(C(C)C)n2c4ccccc4nc32)cc1. The highest BCUT2D eigenvalue weighted by atomic mass is 16.5. The van der Waals surface area contributed by atoms with Crippen molar-refractivity contribution in [2.24, 2.45) is 5.92 Å². The summed E-state index contributed by atoms with van der Waals surface area (Å²) in [5.74, 6) is 1.05. The molecule has 35 heavy (non-hydrogen) atoms. The van der Waals surface area contributed by atoms with Crippen molar-refractivity contribution < 1.29 is 9.53 Å². The van der Waals surface area contributed by atoms with Crippen molar-refractivity contribution in [1.82, 2.24) is 18.9 Å². The van der Waals surface area contributed by atoms with E-state index in [2.05, 4.69) is 55.5 Å². The Labute approximate surface area is 205 Å². The topological polar surface area (TPSA) is 61.4 Å². The van der Waals surface area contributed by atoms with E-state index in [1.165, 1.54) is 18.4 Å². The minimum Gasteiger partial charge on any atom is -0.424 e. The summed E-state index contributed by atoms with van der Waals surface area (Å²) in [5.41, 5.74) is 5.67. The molecule has 0 atom stereocenters. The summed E-state index contributed by atoms with van der Waals surface area (Å²) in [6, 6.07) is 16.6. The van der Waals surface area contributed by atoms with Gasteiger partial charge in [0, 0.05) is 11.6 Å². The Kier molecular flexibility index (Phi) is 6.05. The van der Waals surface area contributed by atoms with Crippen molar-refractivity contribution in [3.05, 3.63) is 66.1 Å². The van der Waals surface area contributed by atoms with E-state index >= 15 is 0 Å². The Hall–Kier alpha value is -3.67. The normalized spacial score (nSPS) is 12.0. The second-order valence-electron chi connectivity index (χ2n) is 9.79. The second-order valence-corrected chi connectivity index (χ2v) is 9.79. The molecule has 0 unspecified atom stereocenters. The maximum absolute atomic E-state index is 12.7. The number of esters is 1. The molecule has 2 aromatic carbocycles. The number of carbonyl (C=O) groups excluding carboxylic acids is 1. The standard InChI is InChI=1S/C29H32N4O2/c1-6-7-10-20-13-15-21(16-14-20)32-17-24(35-29(34)19(4)5)25-27(32)31-26(18(2)3)33-23-12-9-8-11-22(23)30-28(25)33/h8-9,11-19H,6-7,10H2,1-5H3. The van der Waals surface area contributed by atoms with Gasteiger partial charge in [-0.15, -0.1) is 0 Å². The van der Waals surface area contributed by atoms with Crippen LogP contribution >= 0.6 is 0 Å². The van der Waals surface area contributed by atoms with Crippen molar-refractivity contribution in [1.29, 1.82) is 0 Å². The summed E-state index contributed by atoms with van der Waals surface area (Å²) in [5, 5.41) is 0.745. The third-order valence-corrected chi connectivity index (χ3v) is 6.41. The van der Waals surface area contributed by atoms with Crippen LogP contribution in [0.5, 0.6) is 5.75 Å². The van der Waals surface area contributed by atoms with Gasteiger partial charge in [0.05, 0.1) is 23.1 Å². The molecule has 0 aliphatic rings. The van der Waals surface area contributed by atoms with Gasteiger partial charge in [0.15, 0.2) is 17.0 Å². The third kappa shape index (κ3) is 4.07. The van der Waals surface area contributed by atoms with Gasteiger partial charge in [0.25, 0.3) is 0 Å². The van der Waals surface area contributed by atoms with Crippen LogP contribution in [-0.4, -0.2) is 24.9 Å². The predicted molar refractivity (Wildman–Crippen MR) is 140 cm³/mol. The van der Waals surface area contributed by atoms with E-state index in [-0.39, 0.29) is 17.8 Å². The first-order chi connectivity index (χ1) is 16.9. The predicted octanol–water partition coefficient (Wildman–Crippen LogP) is 6.85. The summed E-state index contributed by atoms with van der Waals surface area (Å²) >= 11 is 0. The van der Waals surface area contributed by atoms with Gasteiger partial charge in [-0.05, 0) is 42.7 Å². The number of hydrogen-bond donors (Lipinski definition) is 0. The van der Waals surface area contributed by atoms with Crippen LogP contribution in [0, 0.1) is 5.92 Å². The number of benzene rings is 2. The molecular weight excluding hydrogens is 436 g/mol. The molecule has 0 saturated heterocycles. The number of unbranched alkanes of at least 4 members (excludes halogenated alkanes) is 1. The second kappa shape index (κ2) is 9.17. The number of nitrogens with zero attached hydrogens (tertiary/aromatic N) is 4. The van der Waals surface area contributed by atoms with Crippen LogP contribution in [-0.2, 0) is 11.2 Å². The lowest BCUT2D eigenvalue weighted by atomic mass is 10.1. The monoisotopic (exact) mass is 468 g/mol. The fourth-order valence-electron chi connectivity index (χ4n) is 4.47. The average Bonchev–Trinajstić information content (AvgIpc) is 3.41. The molecule has 3 heterocycles. The summed E-state index contributed by atoms with van der Waals surface area (Å²) in [7, 11) is 0. The first kappa shape index (κ1) is 23.1. The van der Waals surface area contributed by atoms with E-state index in [9.17, 15) is 4.79 Å². The zero-order chi connectivity index (χ0) is 24.7. The molecular formula is C29H32N4O2. The molecule has 0 saturated carbocycles. The lowest BCUT2D eigenvalue weighted by Crippen LogP contribution is -2.14. The first-order valence-corrected chi connectivity index (χ1v) is 12.5. The van der Waals surface area contributed by atoms with Gasteiger partial charge < -0.3 is 4.74 Å². The molecule has 0 spiro atoms. The van der Waals surface area contributed by atoms with E-state index in [4.69, 9.17) is 14.7 Å². The molecule has 180 valence electrons. The first-order valence-electron chi connectivity index (χ1n) is 12.5. The van der Waals surface area contributed by atoms with Gasteiger partial charge in [0.1, 0.15) is 11.2 Å². The van der Waals surface area contributed by atoms with Crippen molar-refractivity contribution in [3.63, 3.8) is 0 Å². The molecule has 0 aliphatic carbocycles. The highest BCUT2D eigenvalue weighted by Gasteiger charge is 2.24. The third-order valence-electron chi connectivity index (χ3n) is 6.41. The fourth-order valence-corrected chi connectivity index (χ4v) is 4.47. The lowest BCUT2D eigenvalue weighted by molar-refractivity contribution is -0.137. The number of rotatable bonds is 7. The maximum Gasteiger partial charge on any atom is 0.313 e. The average molecular weight is 469 g/mol. The van der Waals surface area contributed by atoms with E-state index in [0.717, 1.165) is 45.6 Å². The minimum absolute atomic E-state index is 0.168. The Morgan fingerprint density at radius 2 is 1.71 bits per heavy atom. The smallest absolute Gasteiger partial charge is 0.313 e. The number of aromatic nitrogens is 4. The number of aryl methyl sites for hydroxylation is 1. The number of fused-ring (bicyclic) bond motifs is 5. The van der Waals surface area contributed by atoms with E-state index in [0.29, 0.717) is 5.75 Å². The quantitative estimate of drug-likeness (QED) is 0.245. The largest absolute Gasteiger partial charge is 0.424 e. The molecule has 6 heteroatoms. The molecule has 0 bridgehead atoms. The number of ether oxygens (including phenoxy) is 1. The van der Waals surface area contributed by atoms with Gasteiger partial charge in [0.2, 0.25) is 0 Å². The Morgan fingerprint density at radius 3 is 2.40 bits per heavy atom. The van der Waals surface area contributed by atoms with Crippen LogP contribution in [0.3, 0.4) is 0 Å². The zero-order valence-corrected chi connectivity index (χ0v) is 21.1. The van der Waals surface area contributed by atoms with E-state index in [1.807, 2.05) is 42.8 Å². The van der Waals surface area contributed by atoms with Gasteiger partial charge in [-0.25, -0.2) is 9.97 Å². The molecule has 5 rings (SSSR count). The van der Waals surface area contributed by atoms with Crippen LogP contribution in [0.1, 0.15) is 64.8 Å². The highest BCUT2D eigenvalue weighted by molar-refractivity contribution is 6.01. The van der Waals surface area contributed by atoms with Crippen molar-refractivity contribution >= 4 is 33.7 Å². The Balaban J connectivity index is 1.80. The Bertz CT molecular complexity index is 1520. The molecule has 3 aromatic heterocycles. The minimum atomic E-state index is -0.277.